The Bertz CT molecular complexity index is 559. The number of hydrogen-bond acceptors (Lipinski definition) is 3. The number of sulfonamides is 1. The molecule has 2 rings (SSSR count). The smallest absolute Gasteiger partial charge is 0.213 e. The van der Waals surface area contributed by atoms with Gasteiger partial charge in [0.25, 0.3) is 0 Å². The molecule has 0 aliphatic heterocycles. The van der Waals surface area contributed by atoms with E-state index >= 15 is 0 Å². The lowest BCUT2D eigenvalue weighted by Gasteiger charge is -2.03. The van der Waals surface area contributed by atoms with E-state index in [-0.39, 0.29) is 5.75 Å². The Labute approximate surface area is 93.6 Å². The Morgan fingerprint density at radius 3 is 2.44 bits per heavy atom. The Morgan fingerprint density at radius 1 is 1.25 bits per heavy atom. The Morgan fingerprint density at radius 2 is 1.94 bits per heavy atom. The first-order valence-corrected chi connectivity index (χ1v) is 6.34. The number of nitrogens with two attached hydrogens (primary N) is 1. The Kier molecular flexibility index (Phi) is 2.76. The quantitative estimate of drug-likeness (QED) is 0.851. The van der Waals surface area contributed by atoms with Gasteiger partial charge in [0.15, 0.2) is 0 Å². The van der Waals surface area contributed by atoms with Crippen molar-refractivity contribution < 1.29 is 8.42 Å². The zero-order valence-corrected chi connectivity index (χ0v) is 9.26. The minimum absolute atomic E-state index is 0.142. The molecule has 2 aromatic rings. The van der Waals surface area contributed by atoms with Crippen molar-refractivity contribution in [1.82, 2.24) is 9.55 Å². The van der Waals surface area contributed by atoms with Crippen LogP contribution in [0, 0.1) is 0 Å². The van der Waals surface area contributed by atoms with Crippen LogP contribution in [-0.4, -0.2) is 18.0 Å². The average Bonchev–Trinajstić information content (AvgIpc) is 2.69. The van der Waals surface area contributed by atoms with E-state index in [4.69, 9.17) is 5.14 Å². The molecule has 0 amide bonds. The molecule has 0 atom stereocenters. The molecule has 1 aromatic heterocycles. The van der Waals surface area contributed by atoms with Crippen LogP contribution in [0.5, 0.6) is 0 Å². The van der Waals surface area contributed by atoms with E-state index in [2.05, 4.69) is 4.98 Å². The first-order chi connectivity index (χ1) is 7.54. The second-order valence-corrected chi connectivity index (χ2v) is 5.06. The van der Waals surface area contributed by atoms with Gasteiger partial charge in [-0.05, 0) is 17.7 Å². The van der Waals surface area contributed by atoms with Crippen LogP contribution in [0.25, 0.3) is 5.69 Å². The van der Waals surface area contributed by atoms with Crippen LogP contribution < -0.4 is 5.14 Å². The van der Waals surface area contributed by atoms with Gasteiger partial charge in [0.1, 0.15) is 0 Å². The second kappa shape index (κ2) is 4.07. The summed E-state index contributed by atoms with van der Waals surface area (Å²) >= 11 is 0. The van der Waals surface area contributed by atoms with Crippen LogP contribution in [0.1, 0.15) is 5.56 Å². The summed E-state index contributed by atoms with van der Waals surface area (Å²) in [4.78, 5) is 3.93. The molecule has 0 radical (unpaired) electrons. The summed E-state index contributed by atoms with van der Waals surface area (Å²) in [6, 6.07) is 7.11. The Hall–Kier alpha value is -1.66. The fraction of sp³-hybridized carbons (Fsp3) is 0.100. The first kappa shape index (κ1) is 10.8. The highest BCUT2D eigenvalue weighted by molar-refractivity contribution is 7.88. The van der Waals surface area contributed by atoms with Gasteiger partial charge in [-0.15, -0.1) is 0 Å². The maximum absolute atomic E-state index is 10.9. The van der Waals surface area contributed by atoms with Crippen molar-refractivity contribution in [2.45, 2.75) is 5.75 Å². The van der Waals surface area contributed by atoms with E-state index in [9.17, 15) is 8.42 Å². The fourth-order valence-electron chi connectivity index (χ4n) is 1.41. The van der Waals surface area contributed by atoms with Crippen molar-refractivity contribution in [2.24, 2.45) is 5.14 Å². The molecule has 5 nitrogen and oxygen atoms in total. The number of nitrogens with zero attached hydrogens (tertiary/aromatic N) is 2. The lowest BCUT2D eigenvalue weighted by atomic mass is 10.2. The summed E-state index contributed by atoms with van der Waals surface area (Å²) in [6.45, 7) is 0. The molecular formula is C10H11N3O2S. The van der Waals surface area contributed by atoms with Gasteiger partial charge < -0.3 is 4.57 Å². The average molecular weight is 237 g/mol. The standard InChI is InChI=1S/C10H11N3O2S/c11-16(14,15)7-9-1-3-10(4-2-9)13-6-5-12-8-13/h1-6,8H,7H2,(H2,11,14,15). The molecule has 84 valence electrons. The highest BCUT2D eigenvalue weighted by Crippen LogP contribution is 2.10. The number of primary sulfonamides is 1. The lowest BCUT2D eigenvalue weighted by molar-refractivity contribution is 0.597. The third kappa shape index (κ3) is 2.68. The van der Waals surface area contributed by atoms with Crippen LogP contribution in [0.15, 0.2) is 43.0 Å². The molecule has 6 heteroatoms. The van der Waals surface area contributed by atoms with E-state index in [0.29, 0.717) is 5.56 Å². The monoisotopic (exact) mass is 237 g/mol. The van der Waals surface area contributed by atoms with Crippen molar-refractivity contribution in [3.8, 4) is 5.69 Å². The zero-order chi connectivity index (χ0) is 11.6. The van der Waals surface area contributed by atoms with Gasteiger partial charge in [0, 0.05) is 18.1 Å². The molecule has 2 N–H and O–H groups in total. The fourth-order valence-corrected chi connectivity index (χ4v) is 2.07. The predicted octanol–water partition coefficient (Wildman–Crippen LogP) is 0.661. The van der Waals surface area contributed by atoms with E-state index in [0.717, 1.165) is 5.69 Å². The summed E-state index contributed by atoms with van der Waals surface area (Å²) in [5.41, 5.74) is 1.60. The van der Waals surface area contributed by atoms with Crippen molar-refractivity contribution >= 4 is 10.0 Å². The molecule has 0 fully saturated rings. The summed E-state index contributed by atoms with van der Waals surface area (Å²) in [7, 11) is -3.46. The maximum atomic E-state index is 10.9. The van der Waals surface area contributed by atoms with Crippen LogP contribution in [0.2, 0.25) is 0 Å². The van der Waals surface area contributed by atoms with Gasteiger partial charge in [-0.25, -0.2) is 18.5 Å². The van der Waals surface area contributed by atoms with Crippen molar-refractivity contribution in [3.63, 3.8) is 0 Å². The first-order valence-electron chi connectivity index (χ1n) is 4.62. The molecule has 0 aliphatic rings. The van der Waals surface area contributed by atoms with Gasteiger partial charge in [0.2, 0.25) is 10.0 Å². The van der Waals surface area contributed by atoms with E-state index in [1.54, 1.807) is 24.7 Å². The summed E-state index contributed by atoms with van der Waals surface area (Å²) < 4.78 is 23.6. The molecule has 0 spiro atoms. The predicted molar refractivity (Wildman–Crippen MR) is 60.4 cm³/mol. The molecule has 0 bridgehead atoms. The van der Waals surface area contributed by atoms with Crippen molar-refractivity contribution in [3.05, 3.63) is 48.5 Å². The second-order valence-electron chi connectivity index (χ2n) is 3.44. The largest absolute Gasteiger partial charge is 0.306 e. The SMILES string of the molecule is NS(=O)(=O)Cc1ccc(-n2ccnc2)cc1. The summed E-state index contributed by atoms with van der Waals surface area (Å²) in [5.74, 6) is -0.142. The highest BCUT2D eigenvalue weighted by Gasteiger charge is 2.04. The highest BCUT2D eigenvalue weighted by atomic mass is 32.2. The molecule has 0 saturated carbocycles. The van der Waals surface area contributed by atoms with Crippen LogP contribution in [0.4, 0.5) is 0 Å². The number of benzene rings is 1. The maximum Gasteiger partial charge on any atom is 0.213 e. The number of imidazole rings is 1. The molecule has 1 heterocycles. The van der Waals surface area contributed by atoms with Crippen molar-refractivity contribution in [2.75, 3.05) is 0 Å². The van der Waals surface area contributed by atoms with Gasteiger partial charge in [-0.3, -0.25) is 0 Å². The van der Waals surface area contributed by atoms with Gasteiger partial charge in [-0.2, -0.15) is 0 Å². The van der Waals surface area contributed by atoms with Gasteiger partial charge in [-0.1, -0.05) is 12.1 Å². The van der Waals surface area contributed by atoms with Crippen LogP contribution in [-0.2, 0) is 15.8 Å². The number of aromatic nitrogens is 2. The molecule has 16 heavy (non-hydrogen) atoms. The van der Waals surface area contributed by atoms with Gasteiger partial charge >= 0.3 is 0 Å². The van der Waals surface area contributed by atoms with E-state index in [1.165, 1.54) is 0 Å². The third-order valence-electron chi connectivity index (χ3n) is 2.11. The van der Waals surface area contributed by atoms with E-state index < -0.39 is 10.0 Å². The number of hydrogen-bond donors (Lipinski definition) is 1. The van der Waals surface area contributed by atoms with Crippen LogP contribution in [0.3, 0.4) is 0 Å². The van der Waals surface area contributed by atoms with E-state index in [1.807, 2.05) is 22.9 Å². The summed E-state index contributed by atoms with van der Waals surface area (Å²) in [6.07, 6.45) is 5.17. The normalized spacial score (nSPS) is 11.6. The summed E-state index contributed by atoms with van der Waals surface area (Å²) in [5, 5.41) is 4.96. The van der Waals surface area contributed by atoms with Gasteiger partial charge in [0.05, 0.1) is 12.1 Å². The topological polar surface area (TPSA) is 78.0 Å². The minimum Gasteiger partial charge on any atom is -0.306 e. The number of rotatable bonds is 3. The zero-order valence-electron chi connectivity index (χ0n) is 8.45. The van der Waals surface area contributed by atoms with Crippen LogP contribution >= 0.6 is 0 Å². The molecule has 0 unspecified atom stereocenters. The van der Waals surface area contributed by atoms with Crippen molar-refractivity contribution in [1.29, 1.82) is 0 Å². The molecular weight excluding hydrogens is 226 g/mol. The lowest BCUT2D eigenvalue weighted by Crippen LogP contribution is -2.14. The molecule has 0 aliphatic carbocycles. The minimum atomic E-state index is -3.46. The third-order valence-corrected chi connectivity index (χ3v) is 2.84. The molecule has 1 aromatic carbocycles. The molecule has 0 saturated heterocycles. The Balaban J connectivity index is 2.24.